The summed E-state index contributed by atoms with van der Waals surface area (Å²) in [7, 11) is 0. The molecule has 4 heteroatoms. The van der Waals surface area contributed by atoms with E-state index in [1.54, 1.807) is 0 Å². The number of benzene rings is 3. The number of aromatic nitrogens is 2. The third kappa shape index (κ3) is 3.09. The Kier molecular flexibility index (Phi) is 4.22. The van der Waals surface area contributed by atoms with Gasteiger partial charge in [0.2, 0.25) is 0 Å². The van der Waals surface area contributed by atoms with Crippen molar-refractivity contribution < 1.29 is 4.42 Å². The largest absolute Gasteiger partial charge is 0.450 e. The van der Waals surface area contributed by atoms with Gasteiger partial charge in [0, 0.05) is 17.5 Å². The predicted octanol–water partition coefficient (Wildman–Crippen LogP) is 5.70. The summed E-state index contributed by atoms with van der Waals surface area (Å²) in [6.07, 6.45) is 0.910. The Morgan fingerprint density at radius 1 is 0.750 bits per heavy atom. The highest BCUT2D eigenvalue weighted by molar-refractivity contribution is 6.06. The summed E-state index contributed by atoms with van der Waals surface area (Å²) < 4.78 is 6.09. The molecule has 5 aromatic rings. The van der Waals surface area contributed by atoms with Gasteiger partial charge in [0.1, 0.15) is 11.1 Å². The zero-order valence-electron chi connectivity index (χ0n) is 15.3. The van der Waals surface area contributed by atoms with E-state index in [1.807, 2.05) is 60.7 Å². The molecule has 0 aliphatic heterocycles. The highest BCUT2D eigenvalue weighted by Gasteiger charge is 2.16. The third-order valence-electron chi connectivity index (χ3n) is 4.80. The monoisotopic (exact) mass is 365 g/mol. The van der Waals surface area contributed by atoms with Gasteiger partial charge < -0.3 is 9.73 Å². The zero-order valence-corrected chi connectivity index (χ0v) is 15.3. The van der Waals surface area contributed by atoms with Crippen molar-refractivity contribution in [3.8, 4) is 11.4 Å². The summed E-state index contributed by atoms with van der Waals surface area (Å²) in [6.45, 7) is 0.765. The normalized spacial score (nSPS) is 11.1. The van der Waals surface area contributed by atoms with E-state index in [0.717, 1.165) is 40.8 Å². The fourth-order valence-corrected chi connectivity index (χ4v) is 3.40. The van der Waals surface area contributed by atoms with Crippen LogP contribution in [-0.2, 0) is 6.42 Å². The van der Waals surface area contributed by atoms with E-state index in [1.165, 1.54) is 5.56 Å². The van der Waals surface area contributed by atoms with Crippen molar-refractivity contribution >= 4 is 27.9 Å². The lowest BCUT2D eigenvalue weighted by molar-refractivity contribution is 0.666. The standard InChI is InChI=1S/C24H19N3O/c1-3-9-17(10-4-1)15-16-25-24-22-21(19-13-7-8-14-20(19)28-22)26-23(27-24)18-11-5-2-6-12-18/h1-14H,15-16H2,(H,25,26,27). The molecule has 2 heterocycles. The van der Waals surface area contributed by atoms with Crippen LogP contribution in [0.4, 0.5) is 5.82 Å². The minimum absolute atomic E-state index is 0.696. The SMILES string of the molecule is c1ccc(CCNc2nc(-c3ccccc3)nc3c2oc2ccccc23)cc1. The lowest BCUT2D eigenvalue weighted by Gasteiger charge is -2.08. The fraction of sp³-hybridized carbons (Fsp3) is 0.0833. The maximum absolute atomic E-state index is 6.09. The molecule has 0 unspecified atom stereocenters. The van der Waals surface area contributed by atoms with Gasteiger partial charge in [-0.05, 0) is 24.1 Å². The first-order chi connectivity index (χ1) is 13.9. The van der Waals surface area contributed by atoms with Gasteiger partial charge in [-0.1, -0.05) is 72.8 Å². The lowest BCUT2D eigenvalue weighted by Crippen LogP contribution is -2.07. The first-order valence-electron chi connectivity index (χ1n) is 9.41. The molecule has 0 bridgehead atoms. The van der Waals surface area contributed by atoms with Crippen LogP contribution in [0.15, 0.2) is 89.3 Å². The maximum atomic E-state index is 6.09. The molecule has 3 aromatic carbocycles. The molecule has 0 radical (unpaired) electrons. The van der Waals surface area contributed by atoms with Crippen molar-refractivity contribution in [3.63, 3.8) is 0 Å². The summed E-state index contributed by atoms with van der Waals surface area (Å²) in [5.74, 6) is 1.43. The van der Waals surface area contributed by atoms with Crippen LogP contribution >= 0.6 is 0 Å². The predicted molar refractivity (Wildman–Crippen MR) is 113 cm³/mol. The Hall–Kier alpha value is -3.66. The zero-order chi connectivity index (χ0) is 18.8. The topological polar surface area (TPSA) is 51.0 Å². The minimum Gasteiger partial charge on any atom is -0.450 e. The molecule has 0 spiro atoms. The molecule has 0 aliphatic rings. The van der Waals surface area contributed by atoms with Gasteiger partial charge in [-0.2, -0.15) is 0 Å². The van der Waals surface area contributed by atoms with Crippen LogP contribution in [-0.4, -0.2) is 16.5 Å². The average molecular weight is 365 g/mol. The quantitative estimate of drug-likeness (QED) is 0.434. The molecular weight excluding hydrogens is 346 g/mol. The molecule has 1 N–H and O–H groups in total. The Morgan fingerprint density at radius 3 is 2.29 bits per heavy atom. The Balaban J connectivity index is 1.57. The summed E-state index contributed by atoms with van der Waals surface area (Å²) >= 11 is 0. The highest BCUT2D eigenvalue weighted by Crippen LogP contribution is 2.33. The van der Waals surface area contributed by atoms with Crippen molar-refractivity contribution in [1.82, 2.24) is 9.97 Å². The second-order valence-electron chi connectivity index (χ2n) is 6.70. The van der Waals surface area contributed by atoms with E-state index in [0.29, 0.717) is 11.4 Å². The first kappa shape index (κ1) is 16.5. The summed E-state index contributed by atoms with van der Waals surface area (Å²) in [6, 6.07) is 28.4. The van der Waals surface area contributed by atoms with Crippen LogP contribution < -0.4 is 5.32 Å². The number of nitrogens with one attached hydrogen (secondary N) is 1. The van der Waals surface area contributed by atoms with E-state index in [2.05, 4.69) is 29.6 Å². The Labute approximate surface area is 162 Å². The van der Waals surface area contributed by atoms with E-state index in [-0.39, 0.29) is 0 Å². The number of anilines is 1. The van der Waals surface area contributed by atoms with Crippen molar-refractivity contribution in [1.29, 1.82) is 0 Å². The number of nitrogens with zero attached hydrogens (tertiary/aromatic N) is 2. The highest BCUT2D eigenvalue weighted by atomic mass is 16.3. The molecule has 0 atom stereocenters. The molecule has 0 aliphatic carbocycles. The molecule has 0 fully saturated rings. The van der Waals surface area contributed by atoms with Crippen molar-refractivity contribution in [2.75, 3.05) is 11.9 Å². The van der Waals surface area contributed by atoms with Crippen LogP contribution in [0.25, 0.3) is 33.5 Å². The van der Waals surface area contributed by atoms with Crippen LogP contribution in [0, 0.1) is 0 Å². The minimum atomic E-state index is 0.696. The second kappa shape index (κ2) is 7.16. The van der Waals surface area contributed by atoms with E-state index < -0.39 is 0 Å². The maximum Gasteiger partial charge on any atom is 0.196 e. The van der Waals surface area contributed by atoms with Gasteiger partial charge in [-0.15, -0.1) is 0 Å². The molecule has 0 saturated heterocycles. The van der Waals surface area contributed by atoms with Gasteiger partial charge in [-0.25, -0.2) is 9.97 Å². The second-order valence-corrected chi connectivity index (χ2v) is 6.70. The van der Waals surface area contributed by atoms with Crippen molar-refractivity contribution in [2.24, 2.45) is 0 Å². The van der Waals surface area contributed by atoms with E-state index in [4.69, 9.17) is 14.4 Å². The van der Waals surface area contributed by atoms with Crippen LogP contribution in [0.1, 0.15) is 5.56 Å². The number of rotatable bonds is 5. The molecular formula is C24H19N3O. The van der Waals surface area contributed by atoms with Gasteiger partial charge in [0.15, 0.2) is 17.2 Å². The van der Waals surface area contributed by atoms with Gasteiger partial charge in [0.25, 0.3) is 0 Å². The smallest absolute Gasteiger partial charge is 0.196 e. The van der Waals surface area contributed by atoms with E-state index in [9.17, 15) is 0 Å². The number of hydrogen-bond acceptors (Lipinski definition) is 4. The number of fused-ring (bicyclic) bond motifs is 3. The Bertz CT molecular complexity index is 1230. The van der Waals surface area contributed by atoms with Crippen LogP contribution in [0.5, 0.6) is 0 Å². The molecule has 0 saturated carbocycles. The fourth-order valence-electron chi connectivity index (χ4n) is 3.40. The summed E-state index contributed by atoms with van der Waals surface area (Å²) in [5.41, 5.74) is 4.64. The first-order valence-corrected chi connectivity index (χ1v) is 9.41. The molecule has 4 nitrogen and oxygen atoms in total. The molecule has 136 valence electrons. The summed E-state index contributed by atoms with van der Waals surface area (Å²) in [4.78, 5) is 9.60. The Morgan fingerprint density at radius 2 is 1.46 bits per heavy atom. The third-order valence-corrected chi connectivity index (χ3v) is 4.80. The molecule has 5 rings (SSSR count). The van der Waals surface area contributed by atoms with Gasteiger partial charge in [0.05, 0.1) is 0 Å². The molecule has 2 aromatic heterocycles. The molecule has 28 heavy (non-hydrogen) atoms. The van der Waals surface area contributed by atoms with Crippen LogP contribution in [0.3, 0.4) is 0 Å². The lowest BCUT2D eigenvalue weighted by atomic mass is 10.1. The van der Waals surface area contributed by atoms with Gasteiger partial charge in [-0.3, -0.25) is 0 Å². The summed E-state index contributed by atoms with van der Waals surface area (Å²) in [5, 5.41) is 4.47. The number of furan rings is 1. The van der Waals surface area contributed by atoms with Gasteiger partial charge >= 0.3 is 0 Å². The number of hydrogen-bond donors (Lipinski definition) is 1. The van der Waals surface area contributed by atoms with E-state index >= 15 is 0 Å². The molecule has 0 amide bonds. The average Bonchev–Trinajstić information content (AvgIpc) is 3.14. The number of para-hydroxylation sites is 1. The van der Waals surface area contributed by atoms with Crippen LogP contribution in [0.2, 0.25) is 0 Å². The van der Waals surface area contributed by atoms with Crippen molar-refractivity contribution in [3.05, 3.63) is 90.5 Å². The van der Waals surface area contributed by atoms with Crippen molar-refractivity contribution in [2.45, 2.75) is 6.42 Å².